The molecule has 5 heteroatoms. The molecule has 246 valence electrons. The number of nitrogens with one attached hydrogen (secondary N) is 1. The number of carbonyl (C=O) groups is 1. The quantitative estimate of drug-likeness (QED) is 0.0478. The van der Waals surface area contributed by atoms with Gasteiger partial charge in [-0.3, -0.25) is 4.79 Å². The van der Waals surface area contributed by atoms with Crippen LogP contribution in [0.5, 0.6) is 0 Å². The van der Waals surface area contributed by atoms with Crippen molar-refractivity contribution in [1.29, 1.82) is 0 Å². The van der Waals surface area contributed by atoms with Crippen LogP contribution in [0.15, 0.2) is 36.5 Å². The first-order chi connectivity index (χ1) is 20.6. The zero-order chi connectivity index (χ0) is 30.9. The van der Waals surface area contributed by atoms with Crippen LogP contribution >= 0.6 is 0 Å². The Hall–Kier alpha value is -1.43. The monoisotopic (exact) mass is 592 g/mol. The minimum atomic E-state index is -1.10. The molecule has 0 aromatic rings. The number of unbranched alkanes of at least 4 members (excludes halogenated alkanes) is 19. The maximum absolute atomic E-state index is 12.4. The second-order valence-electron chi connectivity index (χ2n) is 12.1. The Morgan fingerprint density at radius 3 is 1.45 bits per heavy atom. The lowest BCUT2D eigenvalue weighted by molar-refractivity contribution is -0.131. The molecule has 0 aromatic heterocycles. The minimum absolute atomic E-state index is 0.380. The van der Waals surface area contributed by atoms with Crippen LogP contribution in [0.1, 0.15) is 168 Å². The molecule has 0 radical (unpaired) electrons. The lowest BCUT2D eigenvalue weighted by Gasteiger charge is -2.21. The van der Waals surface area contributed by atoms with Crippen LogP contribution in [0.3, 0.4) is 0 Å². The molecule has 4 N–H and O–H groups in total. The highest BCUT2D eigenvalue weighted by molar-refractivity contribution is 5.80. The van der Waals surface area contributed by atoms with E-state index in [1.165, 1.54) is 103 Å². The maximum atomic E-state index is 12.4. The van der Waals surface area contributed by atoms with Crippen LogP contribution in [0, 0.1) is 0 Å². The molecule has 0 bridgehead atoms. The van der Waals surface area contributed by atoms with Crippen molar-refractivity contribution in [2.45, 2.75) is 186 Å². The molecule has 0 aromatic carbocycles. The van der Waals surface area contributed by atoms with E-state index in [9.17, 15) is 20.1 Å². The van der Waals surface area contributed by atoms with Crippen LogP contribution in [0.2, 0.25) is 0 Å². The zero-order valence-corrected chi connectivity index (χ0v) is 27.6. The van der Waals surface area contributed by atoms with Crippen molar-refractivity contribution < 1.29 is 20.1 Å². The Bertz CT molecular complexity index is 660. The summed E-state index contributed by atoms with van der Waals surface area (Å²) in [6, 6.07) is -0.816. The van der Waals surface area contributed by atoms with Gasteiger partial charge in [0.1, 0.15) is 6.10 Å². The van der Waals surface area contributed by atoms with Crippen molar-refractivity contribution in [3.8, 4) is 0 Å². The zero-order valence-electron chi connectivity index (χ0n) is 27.6. The van der Waals surface area contributed by atoms with Crippen molar-refractivity contribution >= 4 is 5.91 Å². The van der Waals surface area contributed by atoms with E-state index in [1.807, 2.05) is 6.08 Å². The Morgan fingerprint density at radius 2 is 0.976 bits per heavy atom. The molecule has 0 rings (SSSR count). The number of rotatable bonds is 31. The maximum Gasteiger partial charge on any atom is 0.249 e. The van der Waals surface area contributed by atoms with Gasteiger partial charge in [0.25, 0.3) is 0 Å². The van der Waals surface area contributed by atoms with E-state index in [-0.39, 0.29) is 6.61 Å². The molecule has 0 saturated carbocycles. The highest BCUT2D eigenvalue weighted by Gasteiger charge is 2.22. The van der Waals surface area contributed by atoms with E-state index in [0.717, 1.165) is 44.9 Å². The summed E-state index contributed by atoms with van der Waals surface area (Å²) in [5.41, 5.74) is 0. The number of aliphatic hydroxyl groups is 3. The van der Waals surface area contributed by atoms with Gasteiger partial charge in [-0.25, -0.2) is 0 Å². The first-order valence-electron chi connectivity index (χ1n) is 17.8. The Kier molecular flexibility index (Phi) is 31.4. The van der Waals surface area contributed by atoms with Gasteiger partial charge in [-0.15, -0.1) is 0 Å². The normalized spacial score (nSPS) is 14.3. The third-order valence-corrected chi connectivity index (χ3v) is 7.96. The topological polar surface area (TPSA) is 89.8 Å². The predicted molar refractivity (Wildman–Crippen MR) is 181 cm³/mol. The summed E-state index contributed by atoms with van der Waals surface area (Å²) in [5, 5.41) is 32.9. The fraction of sp³-hybridized carbons (Fsp3) is 0.811. The van der Waals surface area contributed by atoms with Crippen molar-refractivity contribution in [3.05, 3.63) is 36.5 Å². The molecule has 5 nitrogen and oxygen atoms in total. The summed E-state index contributed by atoms with van der Waals surface area (Å²) in [4.78, 5) is 12.4. The average Bonchev–Trinajstić information content (AvgIpc) is 2.99. The van der Waals surface area contributed by atoms with Crippen molar-refractivity contribution in [2.24, 2.45) is 0 Å². The van der Waals surface area contributed by atoms with E-state index < -0.39 is 24.2 Å². The van der Waals surface area contributed by atoms with Gasteiger partial charge >= 0.3 is 0 Å². The molecule has 3 unspecified atom stereocenters. The number of hydrogen-bond donors (Lipinski definition) is 4. The summed E-state index contributed by atoms with van der Waals surface area (Å²) in [5.74, 6) is -0.519. The van der Waals surface area contributed by atoms with Crippen LogP contribution in [-0.4, -0.2) is 46.1 Å². The lowest BCUT2D eigenvalue weighted by atomic mass is 10.0. The Balaban J connectivity index is 3.82. The second-order valence-corrected chi connectivity index (χ2v) is 12.1. The molecule has 0 fully saturated rings. The Morgan fingerprint density at radius 1 is 0.571 bits per heavy atom. The van der Waals surface area contributed by atoms with Crippen molar-refractivity contribution in [2.75, 3.05) is 6.61 Å². The second kappa shape index (κ2) is 32.5. The SMILES string of the molecule is CCCCC/C=C/CC/C=C/CC/C=C/C(O)C(CO)NC(=O)C(O)CCCCCCCCCCCCCCCCC. The predicted octanol–water partition coefficient (Wildman–Crippen LogP) is 9.26. The molecular formula is C37H69NO4. The van der Waals surface area contributed by atoms with Crippen molar-refractivity contribution in [1.82, 2.24) is 5.32 Å². The number of amides is 1. The van der Waals surface area contributed by atoms with Gasteiger partial charge in [0.15, 0.2) is 0 Å². The van der Waals surface area contributed by atoms with Crippen LogP contribution < -0.4 is 5.32 Å². The molecule has 3 atom stereocenters. The first kappa shape index (κ1) is 40.6. The molecule has 0 aliphatic carbocycles. The summed E-state index contributed by atoms with van der Waals surface area (Å²) in [7, 11) is 0. The fourth-order valence-corrected chi connectivity index (χ4v) is 5.10. The van der Waals surface area contributed by atoms with Gasteiger partial charge in [0.05, 0.1) is 18.8 Å². The van der Waals surface area contributed by atoms with E-state index >= 15 is 0 Å². The molecular weight excluding hydrogens is 522 g/mol. The standard InChI is InChI=1S/C37H69NO4/c1-3-5-7-9-11-13-15-17-18-20-22-24-26-28-30-32-36(41)37(42)38-34(33-39)35(40)31-29-27-25-23-21-19-16-14-12-10-8-6-4-2/h12,14,21,23,29,31,34-36,39-41H,3-11,13,15-20,22,24-28,30,32-33H2,1-2H3,(H,38,42)/b14-12+,23-21+,31-29+. The number of carbonyl (C=O) groups excluding carboxylic acids is 1. The summed E-state index contributed by atoms with van der Waals surface area (Å²) in [6.07, 6.45) is 38.7. The van der Waals surface area contributed by atoms with Gasteiger partial charge in [-0.2, -0.15) is 0 Å². The van der Waals surface area contributed by atoms with Crippen LogP contribution in [0.4, 0.5) is 0 Å². The van der Waals surface area contributed by atoms with Gasteiger partial charge < -0.3 is 20.6 Å². The average molecular weight is 592 g/mol. The first-order valence-corrected chi connectivity index (χ1v) is 17.8. The molecule has 0 saturated heterocycles. The smallest absolute Gasteiger partial charge is 0.249 e. The van der Waals surface area contributed by atoms with E-state index in [0.29, 0.717) is 6.42 Å². The highest BCUT2D eigenvalue weighted by atomic mass is 16.3. The lowest BCUT2D eigenvalue weighted by Crippen LogP contribution is -2.48. The summed E-state index contributed by atoms with van der Waals surface area (Å²) < 4.78 is 0. The fourth-order valence-electron chi connectivity index (χ4n) is 5.10. The molecule has 42 heavy (non-hydrogen) atoms. The third kappa shape index (κ3) is 27.4. The van der Waals surface area contributed by atoms with E-state index in [2.05, 4.69) is 43.5 Å². The van der Waals surface area contributed by atoms with Gasteiger partial charge in [0, 0.05) is 0 Å². The van der Waals surface area contributed by atoms with Crippen LogP contribution in [-0.2, 0) is 4.79 Å². The van der Waals surface area contributed by atoms with Gasteiger partial charge in [-0.05, 0) is 44.9 Å². The van der Waals surface area contributed by atoms with Crippen molar-refractivity contribution in [3.63, 3.8) is 0 Å². The number of hydrogen-bond acceptors (Lipinski definition) is 4. The van der Waals surface area contributed by atoms with Gasteiger partial charge in [0.2, 0.25) is 5.91 Å². The van der Waals surface area contributed by atoms with Gasteiger partial charge in [-0.1, -0.05) is 159 Å². The molecule has 0 spiro atoms. The molecule has 0 aliphatic heterocycles. The van der Waals surface area contributed by atoms with E-state index in [4.69, 9.17) is 0 Å². The minimum Gasteiger partial charge on any atom is -0.394 e. The number of aliphatic hydroxyl groups excluding tert-OH is 3. The number of allylic oxidation sites excluding steroid dienone is 5. The Labute approximate surface area is 260 Å². The molecule has 1 amide bonds. The largest absolute Gasteiger partial charge is 0.394 e. The summed E-state index contributed by atoms with van der Waals surface area (Å²) in [6.45, 7) is 4.11. The van der Waals surface area contributed by atoms with E-state index in [1.54, 1.807) is 6.08 Å². The third-order valence-electron chi connectivity index (χ3n) is 7.96. The molecule has 0 aliphatic rings. The highest BCUT2D eigenvalue weighted by Crippen LogP contribution is 2.14. The molecule has 0 heterocycles. The summed E-state index contributed by atoms with van der Waals surface area (Å²) >= 11 is 0. The van der Waals surface area contributed by atoms with Crippen LogP contribution in [0.25, 0.3) is 0 Å².